The van der Waals surface area contributed by atoms with Gasteiger partial charge in [-0.3, -0.25) is 0 Å². The number of carbonyl (C=O) groups excluding carboxylic acids is 1. The highest BCUT2D eigenvalue weighted by Gasteiger charge is 1.84. The highest BCUT2D eigenvalue weighted by Crippen LogP contribution is 1.84. The van der Waals surface area contributed by atoms with Crippen LogP contribution in [0.1, 0.15) is 6.92 Å². The van der Waals surface area contributed by atoms with Crippen molar-refractivity contribution in [2.45, 2.75) is 6.92 Å². The van der Waals surface area contributed by atoms with Crippen molar-refractivity contribution in [3.8, 4) is 0 Å². The second-order valence-electron chi connectivity index (χ2n) is 0.837. The molecule has 0 saturated carbocycles. The Balaban J connectivity index is 3.14. The molecular formula is C4H5O2S. The van der Waals surface area contributed by atoms with Gasteiger partial charge < -0.3 is 4.74 Å². The molecular weight excluding hydrogens is 112 g/mol. The maximum Gasteiger partial charge on any atom is 0.404 e. The molecule has 0 fully saturated rings. The first kappa shape index (κ1) is 6.43. The second kappa shape index (κ2) is 3.61. The summed E-state index contributed by atoms with van der Waals surface area (Å²) in [6, 6.07) is 0. The van der Waals surface area contributed by atoms with Gasteiger partial charge >= 0.3 is 5.30 Å². The average Bonchev–Trinajstić information content (AvgIpc) is 1.61. The van der Waals surface area contributed by atoms with Gasteiger partial charge in [-0.15, -0.1) is 0 Å². The van der Waals surface area contributed by atoms with Crippen molar-refractivity contribution in [1.82, 2.24) is 0 Å². The quantitative estimate of drug-likeness (QED) is 0.387. The third kappa shape index (κ3) is 5.43. The smallest absolute Gasteiger partial charge is 0.404 e. The summed E-state index contributed by atoms with van der Waals surface area (Å²) in [6.07, 6.45) is 2.83. The van der Waals surface area contributed by atoms with Crippen LogP contribution in [0.25, 0.3) is 0 Å². The molecule has 0 bridgehead atoms. The molecule has 3 heteroatoms. The summed E-state index contributed by atoms with van der Waals surface area (Å²) < 4.78 is 4.19. The van der Waals surface area contributed by atoms with E-state index < -0.39 is 5.30 Å². The molecule has 0 amide bonds. The Kier molecular flexibility index (Phi) is 3.32. The molecule has 7 heavy (non-hydrogen) atoms. The second-order valence-corrected chi connectivity index (χ2v) is 1.17. The van der Waals surface area contributed by atoms with E-state index in [2.05, 4.69) is 17.4 Å². The Morgan fingerprint density at radius 1 is 1.86 bits per heavy atom. The van der Waals surface area contributed by atoms with Crippen LogP contribution in [0.2, 0.25) is 0 Å². The molecule has 0 N–H and O–H groups in total. The Hall–Kier alpha value is -0.570. The summed E-state index contributed by atoms with van der Waals surface area (Å²) in [6.45, 7) is 1.73. The molecule has 0 aromatic carbocycles. The van der Waals surface area contributed by atoms with Crippen molar-refractivity contribution < 1.29 is 9.53 Å². The topological polar surface area (TPSA) is 26.3 Å². The van der Waals surface area contributed by atoms with E-state index in [-0.39, 0.29) is 0 Å². The largest absolute Gasteiger partial charge is 0.423 e. The highest BCUT2D eigenvalue weighted by atomic mass is 32.1. The van der Waals surface area contributed by atoms with Crippen LogP contribution in [0.4, 0.5) is 4.79 Å². The van der Waals surface area contributed by atoms with Gasteiger partial charge in [0.2, 0.25) is 0 Å². The molecule has 0 unspecified atom stereocenters. The van der Waals surface area contributed by atoms with Crippen molar-refractivity contribution >= 4 is 17.9 Å². The van der Waals surface area contributed by atoms with E-state index in [1.807, 2.05) is 0 Å². The van der Waals surface area contributed by atoms with Crippen LogP contribution >= 0.6 is 12.6 Å². The standard InChI is InChI=1S/C4H5O2S/c1-2-3-6-4(5)7/h2-3H,1H3/b3-2-. The predicted molar refractivity (Wildman–Crippen MR) is 28.9 cm³/mol. The highest BCUT2D eigenvalue weighted by molar-refractivity contribution is 7.96. The van der Waals surface area contributed by atoms with Crippen molar-refractivity contribution in [1.29, 1.82) is 0 Å². The molecule has 0 aromatic heterocycles. The Morgan fingerprint density at radius 2 is 2.43 bits per heavy atom. The van der Waals surface area contributed by atoms with E-state index in [1.54, 1.807) is 13.0 Å². The summed E-state index contributed by atoms with van der Waals surface area (Å²) >= 11 is 4.03. The molecule has 0 saturated heterocycles. The minimum absolute atomic E-state index is 0.696. The molecule has 0 rings (SSSR count). The minimum atomic E-state index is -0.696. The zero-order chi connectivity index (χ0) is 5.70. The van der Waals surface area contributed by atoms with Crippen molar-refractivity contribution in [2.24, 2.45) is 0 Å². The lowest BCUT2D eigenvalue weighted by Crippen LogP contribution is -1.80. The lowest BCUT2D eigenvalue weighted by atomic mass is 10.7. The third-order valence-electron chi connectivity index (χ3n) is 0.300. The fourth-order valence-corrected chi connectivity index (χ4v) is 0.179. The molecule has 0 aliphatic rings. The predicted octanol–water partition coefficient (Wildman–Crippen LogP) is 1.85. The molecule has 0 heterocycles. The molecule has 0 spiro atoms. The number of carbonyl (C=O) groups is 1. The Morgan fingerprint density at radius 3 is 2.57 bits per heavy atom. The van der Waals surface area contributed by atoms with Gasteiger partial charge in [0.15, 0.2) is 0 Å². The first-order valence-corrected chi connectivity index (χ1v) is 2.17. The van der Waals surface area contributed by atoms with Crippen LogP contribution in [0, 0.1) is 0 Å². The first-order chi connectivity index (χ1) is 3.27. The monoisotopic (exact) mass is 117 g/mol. The summed E-state index contributed by atoms with van der Waals surface area (Å²) in [7, 11) is 0. The van der Waals surface area contributed by atoms with Crippen molar-refractivity contribution in [3.63, 3.8) is 0 Å². The van der Waals surface area contributed by atoms with Gasteiger partial charge in [-0.25, -0.2) is 4.79 Å². The van der Waals surface area contributed by atoms with Crippen LogP contribution < -0.4 is 0 Å². The van der Waals surface area contributed by atoms with Gasteiger partial charge in [-0.05, 0) is 6.92 Å². The molecule has 0 aliphatic heterocycles. The molecule has 1 radical (unpaired) electrons. The fourth-order valence-electron chi connectivity index (χ4n) is 0.124. The van der Waals surface area contributed by atoms with E-state index in [0.29, 0.717) is 0 Å². The van der Waals surface area contributed by atoms with Crippen LogP contribution in [-0.2, 0) is 4.74 Å². The zero-order valence-electron chi connectivity index (χ0n) is 3.88. The Bertz CT molecular complexity index is 87.7. The molecule has 0 atom stereocenters. The summed E-state index contributed by atoms with van der Waals surface area (Å²) in [4.78, 5) is 9.74. The van der Waals surface area contributed by atoms with Gasteiger partial charge in [0.25, 0.3) is 0 Å². The van der Waals surface area contributed by atoms with Crippen molar-refractivity contribution in [2.75, 3.05) is 0 Å². The number of ether oxygens (including phenoxy) is 1. The third-order valence-corrected chi connectivity index (χ3v) is 0.397. The number of hydrogen-bond acceptors (Lipinski definition) is 2. The maximum absolute atomic E-state index is 9.74. The first-order valence-electron chi connectivity index (χ1n) is 1.76. The zero-order valence-corrected chi connectivity index (χ0v) is 4.70. The van der Waals surface area contributed by atoms with Gasteiger partial charge in [-0.1, -0.05) is 6.08 Å². The van der Waals surface area contributed by atoms with Gasteiger partial charge in [0.05, 0.1) is 6.26 Å². The van der Waals surface area contributed by atoms with E-state index >= 15 is 0 Å². The number of rotatable bonds is 1. The van der Waals surface area contributed by atoms with Crippen LogP contribution in [0.3, 0.4) is 0 Å². The van der Waals surface area contributed by atoms with E-state index in [1.165, 1.54) is 6.26 Å². The summed E-state index contributed by atoms with van der Waals surface area (Å²) in [5, 5.41) is -0.696. The van der Waals surface area contributed by atoms with E-state index in [4.69, 9.17) is 0 Å². The van der Waals surface area contributed by atoms with Crippen LogP contribution in [-0.4, -0.2) is 5.30 Å². The summed E-state index contributed by atoms with van der Waals surface area (Å²) in [5.41, 5.74) is 0. The van der Waals surface area contributed by atoms with E-state index in [9.17, 15) is 4.79 Å². The average molecular weight is 117 g/mol. The van der Waals surface area contributed by atoms with Crippen LogP contribution in [0.15, 0.2) is 12.3 Å². The normalized spacial score (nSPS) is 9.29. The molecule has 2 nitrogen and oxygen atoms in total. The molecule has 39 valence electrons. The van der Waals surface area contributed by atoms with Crippen LogP contribution in [0.5, 0.6) is 0 Å². The minimum Gasteiger partial charge on any atom is -0.423 e. The maximum atomic E-state index is 9.74. The SMILES string of the molecule is C/C=C\OC(=O)[S]. The summed E-state index contributed by atoms with van der Waals surface area (Å²) in [5.74, 6) is 0. The number of hydrogen-bond donors (Lipinski definition) is 0. The van der Waals surface area contributed by atoms with Crippen molar-refractivity contribution in [3.05, 3.63) is 12.3 Å². The van der Waals surface area contributed by atoms with Gasteiger partial charge in [0.1, 0.15) is 0 Å². The lowest BCUT2D eigenvalue weighted by molar-refractivity contribution is 0.214. The Labute approximate surface area is 47.6 Å². The number of allylic oxidation sites excluding steroid dienone is 1. The molecule has 0 aromatic rings. The fraction of sp³-hybridized carbons (Fsp3) is 0.250. The van der Waals surface area contributed by atoms with E-state index in [0.717, 1.165) is 0 Å². The van der Waals surface area contributed by atoms with Gasteiger partial charge in [0, 0.05) is 12.6 Å². The lowest BCUT2D eigenvalue weighted by Gasteiger charge is -1.82. The van der Waals surface area contributed by atoms with Gasteiger partial charge in [-0.2, -0.15) is 0 Å². The molecule has 0 aliphatic carbocycles.